The zero-order chi connectivity index (χ0) is 14.2. The van der Waals surface area contributed by atoms with Gasteiger partial charge in [-0.3, -0.25) is 4.79 Å². The van der Waals surface area contributed by atoms with E-state index in [0.29, 0.717) is 12.2 Å². The van der Waals surface area contributed by atoms with Gasteiger partial charge in [0.2, 0.25) is 5.91 Å². The first-order valence-electron chi connectivity index (χ1n) is 7.31. The summed E-state index contributed by atoms with van der Waals surface area (Å²) in [7, 11) is 0. The third-order valence-corrected chi connectivity index (χ3v) is 4.51. The molecular formula is C16H20N2O2. The Morgan fingerprint density at radius 1 is 1.15 bits per heavy atom. The Bertz CT molecular complexity index is 547. The quantitative estimate of drug-likeness (QED) is 0.854. The Kier molecular flexibility index (Phi) is 3.24. The number of imide groups is 1. The molecule has 0 bridgehead atoms. The lowest BCUT2D eigenvalue weighted by Crippen LogP contribution is -2.61. The minimum absolute atomic E-state index is 0.0217. The standard InChI is InChI=1S/C16H20N2O2/c1-12-6-5-7-13(10-12)18-14(19)16(11-17-15(18)20)8-3-2-4-9-16/h5-7,10H,2-4,8-9,11H2,1H3,(H,17,20). The lowest BCUT2D eigenvalue weighted by molar-refractivity contribution is -0.130. The Labute approximate surface area is 119 Å². The number of amides is 3. The number of hydrogen-bond donors (Lipinski definition) is 1. The molecule has 20 heavy (non-hydrogen) atoms. The van der Waals surface area contributed by atoms with Crippen LogP contribution in [0.1, 0.15) is 37.7 Å². The lowest BCUT2D eigenvalue weighted by atomic mass is 9.72. The van der Waals surface area contributed by atoms with Gasteiger partial charge in [-0.25, -0.2) is 9.69 Å². The average molecular weight is 272 g/mol. The second-order valence-corrected chi connectivity index (χ2v) is 5.98. The molecule has 2 aliphatic rings. The van der Waals surface area contributed by atoms with E-state index in [1.54, 1.807) is 0 Å². The molecule has 1 aliphatic heterocycles. The highest BCUT2D eigenvalue weighted by atomic mass is 16.2. The molecule has 0 unspecified atom stereocenters. The summed E-state index contributed by atoms with van der Waals surface area (Å²) >= 11 is 0. The summed E-state index contributed by atoms with van der Waals surface area (Å²) in [6, 6.07) is 7.27. The lowest BCUT2D eigenvalue weighted by Gasteiger charge is -2.43. The Morgan fingerprint density at radius 2 is 1.90 bits per heavy atom. The first kappa shape index (κ1) is 13.2. The molecule has 0 atom stereocenters. The summed E-state index contributed by atoms with van der Waals surface area (Å²) in [6.07, 6.45) is 5.10. The molecule has 2 fully saturated rings. The summed E-state index contributed by atoms with van der Waals surface area (Å²) in [5, 5.41) is 2.91. The number of carbonyl (C=O) groups is 2. The van der Waals surface area contributed by atoms with Crippen LogP contribution in [-0.4, -0.2) is 18.5 Å². The highest BCUT2D eigenvalue weighted by Gasteiger charge is 2.47. The number of anilines is 1. The van der Waals surface area contributed by atoms with Crippen LogP contribution in [0.2, 0.25) is 0 Å². The van der Waals surface area contributed by atoms with E-state index in [4.69, 9.17) is 0 Å². The molecule has 0 radical (unpaired) electrons. The highest BCUT2D eigenvalue weighted by molar-refractivity contribution is 6.18. The van der Waals surface area contributed by atoms with Crippen molar-refractivity contribution in [2.24, 2.45) is 5.41 Å². The molecule has 1 saturated carbocycles. The average Bonchev–Trinajstić information content (AvgIpc) is 2.45. The Morgan fingerprint density at radius 3 is 2.60 bits per heavy atom. The largest absolute Gasteiger partial charge is 0.336 e. The van der Waals surface area contributed by atoms with Gasteiger partial charge in [-0.05, 0) is 37.5 Å². The van der Waals surface area contributed by atoms with Crippen LogP contribution >= 0.6 is 0 Å². The second kappa shape index (κ2) is 4.93. The van der Waals surface area contributed by atoms with Gasteiger partial charge in [0.15, 0.2) is 0 Å². The molecule has 1 aliphatic carbocycles. The molecule has 0 aromatic heterocycles. The number of carbonyl (C=O) groups excluding carboxylic acids is 2. The Balaban J connectivity index is 1.96. The van der Waals surface area contributed by atoms with Gasteiger partial charge >= 0.3 is 6.03 Å². The minimum atomic E-state index is -0.379. The van der Waals surface area contributed by atoms with Crippen molar-refractivity contribution < 1.29 is 9.59 Å². The first-order chi connectivity index (χ1) is 9.62. The number of benzene rings is 1. The Hall–Kier alpha value is -1.84. The summed E-state index contributed by atoms with van der Waals surface area (Å²) in [5.41, 5.74) is 1.35. The van der Waals surface area contributed by atoms with E-state index in [1.165, 1.54) is 11.3 Å². The number of rotatable bonds is 1. The third kappa shape index (κ3) is 2.09. The normalized spacial score (nSPS) is 21.9. The fraction of sp³-hybridized carbons (Fsp3) is 0.500. The fourth-order valence-corrected chi connectivity index (χ4v) is 3.35. The number of hydrogen-bond acceptors (Lipinski definition) is 2. The van der Waals surface area contributed by atoms with E-state index in [0.717, 1.165) is 31.2 Å². The van der Waals surface area contributed by atoms with Crippen molar-refractivity contribution in [3.8, 4) is 0 Å². The summed E-state index contributed by atoms with van der Waals surface area (Å²) in [6.45, 7) is 2.46. The van der Waals surface area contributed by atoms with Crippen LogP contribution in [0.5, 0.6) is 0 Å². The van der Waals surface area contributed by atoms with Gasteiger partial charge in [0.05, 0.1) is 11.1 Å². The number of urea groups is 1. The molecule has 1 N–H and O–H groups in total. The fourth-order valence-electron chi connectivity index (χ4n) is 3.35. The van der Waals surface area contributed by atoms with Crippen LogP contribution < -0.4 is 10.2 Å². The van der Waals surface area contributed by atoms with Gasteiger partial charge in [0.25, 0.3) is 0 Å². The molecule has 3 rings (SSSR count). The van der Waals surface area contributed by atoms with Crippen molar-refractivity contribution in [3.63, 3.8) is 0 Å². The van der Waals surface area contributed by atoms with Crippen molar-refractivity contribution >= 4 is 17.6 Å². The molecule has 1 saturated heterocycles. The molecule has 1 heterocycles. The van der Waals surface area contributed by atoms with Crippen LogP contribution in [0.15, 0.2) is 24.3 Å². The summed E-state index contributed by atoms with van der Waals surface area (Å²) in [4.78, 5) is 26.4. The first-order valence-corrected chi connectivity index (χ1v) is 7.31. The molecule has 1 aromatic rings. The van der Waals surface area contributed by atoms with Gasteiger partial charge in [0, 0.05) is 6.54 Å². The third-order valence-electron chi connectivity index (χ3n) is 4.51. The maximum atomic E-state index is 12.9. The molecule has 1 spiro atoms. The van der Waals surface area contributed by atoms with Gasteiger partial charge < -0.3 is 5.32 Å². The number of nitrogens with one attached hydrogen (secondary N) is 1. The van der Waals surface area contributed by atoms with E-state index >= 15 is 0 Å². The summed E-state index contributed by atoms with van der Waals surface area (Å²) < 4.78 is 0. The molecule has 1 aromatic carbocycles. The zero-order valence-electron chi connectivity index (χ0n) is 11.8. The monoisotopic (exact) mass is 272 g/mol. The zero-order valence-corrected chi connectivity index (χ0v) is 11.8. The smallest absolute Gasteiger partial charge is 0.328 e. The van der Waals surface area contributed by atoms with Gasteiger partial charge in [-0.1, -0.05) is 31.4 Å². The maximum absolute atomic E-state index is 12.9. The van der Waals surface area contributed by atoms with E-state index in [1.807, 2.05) is 31.2 Å². The molecule has 106 valence electrons. The maximum Gasteiger partial charge on any atom is 0.328 e. The predicted octanol–water partition coefficient (Wildman–Crippen LogP) is 3.00. The van der Waals surface area contributed by atoms with Crippen LogP contribution in [0.4, 0.5) is 10.5 Å². The van der Waals surface area contributed by atoms with Gasteiger partial charge in [-0.15, -0.1) is 0 Å². The van der Waals surface area contributed by atoms with E-state index in [9.17, 15) is 9.59 Å². The number of nitrogens with zero attached hydrogens (tertiary/aromatic N) is 1. The van der Waals surface area contributed by atoms with E-state index in [2.05, 4.69) is 5.32 Å². The van der Waals surface area contributed by atoms with E-state index < -0.39 is 0 Å². The molecule has 3 amide bonds. The van der Waals surface area contributed by atoms with Gasteiger partial charge in [-0.2, -0.15) is 0 Å². The predicted molar refractivity (Wildman–Crippen MR) is 77.6 cm³/mol. The second-order valence-electron chi connectivity index (χ2n) is 5.98. The molecule has 4 heteroatoms. The number of aryl methyl sites for hydroxylation is 1. The SMILES string of the molecule is Cc1cccc(N2C(=O)NCC3(CCCCC3)C2=O)c1. The highest BCUT2D eigenvalue weighted by Crippen LogP contribution is 2.40. The van der Waals surface area contributed by atoms with Crippen LogP contribution in [-0.2, 0) is 4.79 Å². The molecule has 4 nitrogen and oxygen atoms in total. The van der Waals surface area contributed by atoms with E-state index in [-0.39, 0.29) is 17.4 Å². The van der Waals surface area contributed by atoms with Crippen molar-refractivity contribution in [2.45, 2.75) is 39.0 Å². The van der Waals surface area contributed by atoms with Crippen LogP contribution in [0.25, 0.3) is 0 Å². The summed E-state index contributed by atoms with van der Waals surface area (Å²) in [5.74, 6) is -0.0217. The van der Waals surface area contributed by atoms with Crippen LogP contribution in [0.3, 0.4) is 0 Å². The molecular weight excluding hydrogens is 252 g/mol. The van der Waals surface area contributed by atoms with Crippen molar-refractivity contribution in [3.05, 3.63) is 29.8 Å². The van der Waals surface area contributed by atoms with Crippen LogP contribution in [0, 0.1) is 12.3 Å². The van der Waals surface area contributed by atoms with Crippen molar-refractivity contribution in [1.29, 1.82) is 0 Å². The van der Waals surface area contributed by atoms with Gasteiger partial charge in [0.1, 0.15) is 0 Å². The van der Waals surface area contributed by atoms with Crippen molar-refractivity contribution in [2.75, 3.05) is 11.4 Å². The van der Waals surface area contributed by atoms with Crippen molar-refractivity contribution in [1.82, 2.24) is 5.32 Å². The minimum Gasteiger partial charge on any atom is -0.336 e. The topological polar surface area (TPSA) is 49.4 Å².